The molecule has 0 saturated heterocycles. The van der Waals surface area contributed by atoms with Gasteiger partial charge in [-0.05, 0) is 26.7 Å². The van der Waals surface area contributed by atoms with Gasteiger partial charge in [-0.15, -0.1) is 0 Å². The first-order valence-electron chi connectivity index (χ1n) is 7.22. The normalized spacial score (nSPS) is 23.7. The van der Waals surface area contributed by atoms with Gasteiger partial charge in [0.1, 0.15) is 18.0 Å². The van der Waals surface area contributed by atoms with Gasteiger partial charge in [-0.2, -0.15) is 0 Å². The Labute approximate surface area is 114 Å². The Hall–Kier alpha value is -1.36. The first-order chi connectivity index (χ1) is 9.22. The number of nitrogens with one attached hydrogen (secondary N) is 2. The van der Waals surface area contributed by atoms with Gasteiger partial charge in [0, 0.05) is 12.1 Å². The minimum Gasteiger partial charge on any atom is -0.391 e. The molecule has 5 heteroatoms. The maximum absolute atomic E-state index is 10.2. The molecule has 0 radical (unpaired) electrons. The SMILES string of the molecule is CCNc1ncnc(NC2CCCCCC2O)c1C. The highest BCUT2D eigenvalue weighted by Gasteiger charge is 2.22. The Morgan fingerprint density at radius 3 is 2.74 bits per heavy atom. The van der Waals surface area contributed by atoms with Crippen LogP contribution < -0.4 is 10.6 Å². The van der Waals surface area contributed by atoms with Crippen LogP contribution in [0, 0.1) is 6.92 Å². The summed E-state index contributed by atoms with van der Waals surface area (Å²) in [6.45, 7) is 4.89. The number of anilines is 2. The van der Waals surface area contributed by atoms with Crippen LogP contribution in [0.5, 0.6) is 0 Å². The van der Waals surface area contributed by atoms with Gasteiger partial charge in [0.15, 0.2) is 0 Å². The molecule has 1 aliphatic carbocycles. The van der Waals surface area contributed by atoms with Crippen molar-refractivity contribution in [3.63, 3.8) is 0 Å². The molecule has 5 nitrogen and oxygen atoms in total. The molecule has 0 aliphatic heterocycles. The second kappa shape index (κ2) is 6.70. The number of nitrogens with zero attached hydrogens (tertiary/aromatic N) is 2. The third-order valence-electron chi connectivity index (χ3n) is 3.73. The summed E-state index contributed by atoms with van der Waals surface area (Å²) in [5.41, 5.74) is 1.01. The van der Waals surface area contributed by atoms with Crippen molar-refractivity contribution in [3.05, 3.63) is 11.9 Å². The van der Waals surface area contributed by atoms with Crippen molar-refractivity contribution < 1.29 is 5.11 Å². The van der Waals surface area contributed by atoms with Crippen molar-refractivity contribution in [2.75, 3.05) is 17.2 Å². The van der Waals surface area contributed by atoms with Crippen LogP contribution in [-0.4, -0.2) is 33.8 Å². The zero-order valence-electron chi connectivity index (χ0n) is 11.8. The van der Waals surface area contributed by atoms with Gasteiger partial charge < -0.3 is 15.7 Å². The highest BCUT2D eigenvalue weighted by Crippen LogP contribution is 2.24. The van der Waals surface area contributed by atoms with E-state index in [0.29, 0.717) is 0 Å². The van der Waals surface area contributed by atoms with Gasteiger partial charge in [0.2, 0.25) is 0 Å². The number of rotatable bonds is 4. The van der Waals surface area contributed by atoms with E-state index in [1.165, 1.54) is 12.8 Å². The first kappa shape index (κ1) is 14.1. The average Bonchev–Trinajstić information content (AvgIpc) is 2.60. The molecule has 2 rings (SSSR count). The molecule has 0 spiro atoms. The van der Waals surface area contributed by atoms with Gasteiger partial charge in [0.05, 0.1) is 12.1 Å². The molecule has 1 saturated carbocycles. The zero-order chi connectivity index (χ0) is 13.7. The largest absolute Gasteiger partial charge is 0.391 e. The highest BCUT2D eigenvalue weighted by atomic mass is 16.3. The number of aliphatic hydroxyl groups excluding tert-OH is 1. The number of aliphatic hydroxyl groups is 1. The maximum atomic E-state index is 10.2. The molecular formula is C14H24N4O. The van der Waals surface area contributed by atoms with Crippen molar-refractivity contribution in [1.82, 2.24) is 9.97 Å². The van der Waals surface area contributed by atoms with Gasteiger partial charge in [0.25, 0.3) is 0 Å². The number of hydrogen-bond acceptors (Lipinski definition) is 5. The summed E-state index contributed by atoms with van der Waals surface area (Å²) in [4.78, 5) is 8.54. The van der Waals surface area contributed by atoms with Crippen molar-refractivity contribution in [1.29, 1.82) is 0 Å². The maximum Gasteiger partial charge on any atom is 0.134 e. The summed E-state index contributed by atoms with van der Waals surface area (Å²) in [6.07, 6.45) is 6.66. The predicted molar refractivity (Wildman–Crippen MR) is 77.4 cm³/mol. The zero-order valence-corrected chi connectivity index (χ0v) is 11.8. The summed E-state index contributed by atoms with van der Waals surface area (Å²) >= 11 is 0. The Kier molecular flexibility index (Phi) is 4.96. The first-order valence-corrected chi connectivity index (χ1v) is 7.22. The Balaban J connectivity index is 2.11. The van der Waals surface area contributed by atoms with Gasteiger partial charge in [-0.25, -0.2) is 9.97 Å². The van der Waals surface area contributed by atoms with Crippen LogP contribution >= 0.6 is 0 Å². The Morgan fingerprint density at radius 2 is 1.95 bits per heavy atom. The molecule has 0 bridgehead atoms. The molecule has 2 atom stereocenters. The summed E-state index contributed by atoms with van der Waals surface area (Å²) in [5, 5.41) is 16.8. The van der Waals surface area contributed by atoms with Crippen LogP contribution in [0.25, 0.3) is 0 Å². The van der Waals surface area contributed by atoms with Crippen LogP contribution in [-0.2, 0) is 0 Å². The molecule has 106 valence electrons. The van der Waals surface area contributed by atoms with Gasteiger partial charge >= 0.3 is 0 Å². The van der Waals surface area contributed by atoms with E-state index in [9.17, 15) is 5.11 Å². The Morgan fingerprint density at radius 1 is 1.21 bits per heavy atom. The topological polar surface area (TPSA) is 70.1 Å². The lowest BCUT2D eigenvalue weighted by molar-refractivity contribution is 0.144. The van der Waals surface area contributed by atoms with Crippen LogP contribution in [0.3, 0.4) is 0 Å². The predicted octanol–water partition coefficient (Wildman–Crippen LogP) is 2.32. The van der Waals surface area contributed by atoms with E-state index in [4.69, 9.17) is 0 Å². The lowest BCUT2D eigenvalue weighted by atomic mass is 10.1. The fourth-order valence-electron chi connectivity index (χ4n) is 2.57. The fraction of sp³-hybridized carbons (Fsp3) is 0.714. The van der Waals surface area contributed by atoms with Crippen molar-refractivity contribution in [3.8, 4) is 0 Å². The molecule has 19 heavy (non-hydrogen) atoms. The lowest BCUT2D eigenvalue weighted by Gasteiger charge is -2.23. The standard InChI is InChI=1S/C14H24N4O/c1-3-15-13-10(2)14(17-9-16-13)18-11-7-5-4-6-8-12(11)19/h9,11-12,19H,3-8H2,1-2H3,(H2,15,16,17,18). The fourth-order valence-corrected chi connectivity index (χ4v) is 2.57. The van der Waals surface area contributed by atoms with Crippen molar-refractivity contribution in [2.24, 2.45) is 0 Å². The van der Waals surface area contributed by atoms with Crippen molar-refractivity contribution in [2.45, 2.75) is 58.1 Å². The second-order valence-corrected chi connectivity index (χ2v) is 5.18. The summed E-state index contributed by atoms with van der Waals surface area (Å²) in [5.74, 6) is 1.69. The second-order valence-electron chi connectivity index (χ2n) is 5.18. The molecule has 1 aromatic heterocycles. The average molecular weight is 264 g/mol. The van der Waals surface area contributed by atoms with Gasteiger partial charge in [-0.1, -0.05) is 19.3 Å². The van der Waals surface area contributed by atoms with Crippen LogP contribution in [0.4, 0.5) is 11.6 Å². The minimum atomic E-state index is -0.278. The smallest absolute Gasteiger partial charge is 0.134 e. The van der Waals surface area contributed by atoms with Gasteiger partial charge in [-0.3, -0.25) is 0 Å². The molecule has 0 aromatic carbocycles. The monoisotopic (exact) mass is 264 g/mol. The molecule has 2 unspecified atom stereocenters. The van der Waals surface area contributed by atoms with Crippen LogP contribution in [0.2, 0.25) is 0 Å². The Bertz CT molecular complexity index is 410. The molecular weight excluding hydrogens is 240 g/mol. The summed E-state index contributed by atoms with van der Waals surface area (Å²) < 4.78 is 0. The lowest BCUT2D eigenvalue weighted by Crippen LogP contribution is -2.33. The van der Waals surface area contributed by atoms with E-state index in [-0.39, 0.29) is 12.1 Å². The van der Waals surface area contributed by atoms with Crippen LogP contribution in [0.1, 0.15) is 44.6 Å². The summed E-state index contributed by atoms with van der Waals surface area (Å²) in [6, 6.07) is 0.102. The highest BCUT2D eigenvalue weighted by molar-refractivity contribution is 5.56. The van der Waals surface area contributed by atoms with E-state index in [1.54, 1.807) is 6.33 Å². The van der Waals surface area contributed by atoms with Crippen LogP contribution in [0.15, 0.2) is 6.33 Å². The number of aromatic nitrogens is 2. The molecule has 3 N–H and O–H groups in total. The molecule has 0 amide bonds. The third-order valence-corrected chi connectivity index (χ3v) is 3.73. The molecule has 1 fully saturated rings. The van der Waals surface area contributed by atoms with E-state index >= 15 is 0 Å². The van der Waals surface area contributed by atoms with E-state index in [2.05, 4.69) is 20.6 Å². The molecule has 1 aliphatic rings. The summed E-state index contributed by atoms with van der Waals surface area (Å²) in [7, 11) is 0. The van der Waals surface area contributed by atoms with Crippen molar-refractivity contribution >= 4 is 11.6 Å². The number of hydrogen-bond donors (Lipinski definition) is 3. The van der Waals surface area contributed by atoms with E-state index in [0.717, 1.165) is 43.0 Å². The quantitative estimate of drug-likeness (QED) is 0.728. The molecule has 1 heterocycles. The molecule has 1 aromatic rings. The van der Waals surface area contributed by atoms with E-state index in [1.807, 2.05) is 13.8 Å². The third kappa shape index (κ3) is 3.56. The minimum absolute atomic E-state index is 0.102. The van der Waals surface area contributed by atoms with E-state index < -0.39 is 0 Å².